The number of anilines is 1. The number of nitrogens with zero attached hydrogens (tertiary/aromatic N) is 1. The third-order valence-corrected chi connectivity index (χ3v) is 4.97. The summed E-state index contributed by atoms with van der Waals surface area (Å²) < 4.78 is 14.0. The van der Waals surface area contributed by atoms with Gasteiger partial charge >= 0.3 is 0 Å². The molecule has 0 saturated carbocycles. The molecule has 0 unspecified atom stereocenters. The summed E-state index contributed by atoms with van der Waals surface area (Å²) in [5, 5.41) is 4.05. The Morgan fingerprint density at radius 3 is 2.62 bits per heavy atom. The van der Waals surface area contributed by atoms with Crippen LogP contribution in [0.25, 0.3) is 10.2 Å². The van der Waals surface area contributed by atoms with Crippen molar-refractivity contribution in [2.24, 2.45) is 5.73 Å². The number of para-hydroxylation sites is 1. The molecule has 0 aliphatic rings. The standard InChI is InChI=1S/C18H18FN3OS/c1-18(2,11-6-8-12(19)9-7-11)10-21-17-22-15-13(16(20)23)4-3-5-14(15)24-17/h3-9H,10H2,1-2H3,(H2,20,23)(H,21,22). The zero-order valence-electron chi connectivity index (χ0n) is 13.5. The third kappa shape index (κ3) is 3.23. The number of halogens is 1. The first-order valence-electron chi connectivity index (χ1n) is 7.56. The summed E-state index contributed by atoms with van der Waals surface area (Å²) in [7, 11) is 0. The molecule has 0 atom stereocenters. The average Bonchev–Trinajstić information content (AvgIpc) is 2.96. The van der Waals surface area contributed by atoms with E-state index in [0.717, 1.165) is 15.4 Å². The van der Waals surface area contributed by atoms with Crippen molar-refractivity contribution < 1.29 is 9.18 Å². The highest BCUT2D eigenvalue weighted by Crippen LogP contribution is 2.30. The van der Waals surface area contributed by atoms with Gasteiger partial charge in [0, 0.05) is 12.0 Å². The van der Waals surface area contributed by atoms with E-state index in [2.05, 4.69) is 24.1 Å². The van der Waals surface area contributed by atoms with E-state index in [-0.39, 0.29) is 11.2 Å². The van der Waals surface area contributed by atoms with Crippen LogP contribution in [0.2, 0.25) is 0 Å². The number of benzene rings is 2. The Labute approximate surface area is 143 Å². The normalized spacial score (nSPS) is 11.6. The molecule has 1 amide bonds. The molecular weight excluding hydrogens is 325 g/mol. The maximum absolute atomic E-state index is 13.1. The Morgan fingerprint density at radius 1 is 1.25 bits per heavy atom. The second-order valence-corrected chi connectivity index (χ2v) is 7.31. The lowest BCUT2D eigenvalue weighted by molar-refractivity contribution is 0.100. The SMILES string of the molecule is CC(C)(CNc1nc2c(C(N)=O)cccc2s1)c1ccc(F)cc1. The number of primary amides is 1. The van der Waals surface area contributed by atoms with Crippen LogP contribution in [-0.2, 0) is 5.41 Å². The van der Waals surface area contributed by atoms with Gasteiger partial charge in [-0.1, -0.05) is 43.4 Å². The first kappa shape index (κ1) is 16.4. The number of hydrogen-bond acceptors (Lipinski definition) is 4. The van der Waals surface area contributed by atoms with Gasteiger partial charge in [0.2, 0.25) is 0 Å². The molecule has 4 nitrogen and oxygen atoms in total. The summed E-state index contributed by atoms with van der Waals surface area (Å²) in [6, 6.07) is 11.9. The largest absolute Gasteiger partial charge is 0.366 e. The number of carbonyl (C=O) groups is 1. The second kappa shape index (κ2) is 6.20. The van der Waals surface area contributed by atoms with E-state index in [9.17, 15) is 9.18 Å². The van der Waals surface area contributed by atoms with Crippen LogP contribution in [0.3, 0.4) is 0 Å². The van der Waals surface area contributed by atoms with Crippen molar-refractivity contribution in [1.82, 2.24) is 4.98 Å². The highest BCUT2D eigenvalue weighted by atomic mass is 32.1. The molecule has 1 heterocycles. The van der Waals surface area contributed by atoms with Gasteiger partial charge in [-0.05, 0) is 29.8 Å². The predicted molar refractivity (Wildman–Crippen MR) is 96.1 cm³/mol. The van der Waals surface area contributed by atoms with Gasteiger partial charge in [-0.25, -0.2) is 9.37 Å². The van der Waals surface area contributed by atoms with Crippen molar-refractivity contribution in [3.05, 3.63) is 59.4 Å². The van der Waals surface area contributed by atoms with Crippen LogP contribution < -0.4 is 11.1 Å². The van der Waals surface area contributed by atoms with E-state index >= 15 is 0 Å². The van der Waals surface area contributed by atoms with Crippen molar-refractivity contribution in [2.75, 3.05) is 11.9 Å². The molecular formula is C18H18FN3OS. The minimum Gasteiger partial charge on any atom is -0.366 e. The van der Waals surface area contributed by atoms with Crippen LogP contribution in [0.1, 0.15) is 29.8 Å². The summed E-state index contributed by atoms with van der Waals surface area (Å²) in [5.74, 6) is -0.725. The molecule has 2 aromatic carbocycles. The highest BCUT2D eigenvalue weighted by molar-refractivity contribution is 7.22. The lowest BCUT2D eigenvalue weighted by Gasteiger charge is -2.25. The maximum atomic E-state index is 13.1. The number of fused-ring (bicyclic) bond motifs is 1. The number of thiazole rings is 1. The molecule has 0 spiro atoms. The van der Waals surface area contributed by atoms with Crippen LogP contribution in [0, 0.1) is 5.82 Å². The number of hydrogen-bond donors (Lipinski definition) is 2. The van der Waals surface area contributed by atoms with Crippen molar-refractivity contribution in [3.63, 3.8) is 0 Å². The monoisotopic (exact) mass is 343 g/mol. The number of nitrogens with two attached hydrogens (primary N) is 1. The van der Waals surface area contributed by atoms with Crippen LogP contribution >= 0.6 is 11.3 Å². The Kier molecular flexibility index (Phi) is 4.24. The molecule has 3 N–H and O–H groups in total. The summed E-state index contributed by atoms with van der Waals surface area (Å²) in [5.41, 5.74) is 7.28. The fourth-order valence-electron chi connectivity index (χ4n) is 2.52. The lowest BCUT2D eigenvalue weighted by atomic mass is 9.85. The van der Waals surface area contributed by atoms with Crippen molar-refractivity contribution >= 4 is 32.6 Å². The number of nitrogens with one attached hydrogen (secondary N) is 1. The van der Waals surface area contributed by atoms with Gasteiger partial charge < -0.3 is 11.1 Å². The molecule has 3 aromatic rings. The van der Waals surface area contributed by atoms with E-state index in [1.807, 2.05) is 6.07 Å². The molecule has 24 heavy (non-hydrogen) atoms. The number of aromatic nitrogens is 1. The fourth-order valence-corrected chi connectivity index (χ4v) is 3.41. The average molecular weight is 343 g/mol. The van der Waals surface area contributed by atoms with E-state index < -0.39 is 5.91 Å². The molecule has 1 aromatic heterocycles. The van der Waals surface area contributed by atoms with E-state index in [1.54, 1.807) is 24.3 Å². The van der Waals surface area contributed by atoms with Crippen molar-refractivity contribution in [3.8, 4) is 0 Å². The zero-order valence-corrected chi connectivity index (χ0v) is 14.3. The Balaban J connectivity index is 1.81. The van der Waals surface area contributed by atoms with Crippen LogP contribution in [0.5, 0.6) is 0 Å². The molecule has 6 heteroatoms. The fraction of sp³-hybridized carbons (Fsp3) is 0.222. The highest BCUT2D eigenvalue weighted by Gasteiger charge is 2.21. The Hall–Kier alpha value is -2.47. The first-order chi connectivity index (χ1) is 11.4. The summed E-state index contributed by atoms with van der Waals surface area (Å²) in [6.45, 7) is 4.79. The summed E-state index contributed by atoms with van der Waals surface area (Å²) in [4.78, 5) is 16.0. The molecule has 0 bridgehead atoms. The van der Waals surface area contributed by atoms with Gasteiger partial charge in [0.1, 0.15) is 5.82 Å². The van der Waals surface area contributed by atoms with E-state index in [4.69, 9.17) is 5.73 Å². The van der Waals surface area contributed by atoms with Gasteiger partial charge in [0.15, 0.2) is 5.13 Å². The second-order valence-electron chi connectivity index (χ2n) is 6.28. The van der Waals surface area contributed by atoms with Crippen molar-refractivity contribution in [1.29, 1.82) is 0 Å². The molecule has 3 rings (SSSR count). The summed E-state index contributed by atoms with van der Waals surface area (Å²) >= 11 is 1.48. The Bertz CT molecular complexity index is 887. The third-order valence-electron chi connectivity index (χ3n) is 3.99. The minimum atomic E-state index is -0.482. The van der Waals surface area contributed by atoms with E-state index in [0.29, 0.717) is 17.6 Å². The van der Waals surface area contributed by atoms with Gasteiger partial charge in [0.05, 0.1) is 15.8 Å². The van der Waals surface area contributed by atoms with Gasteiger partial charge in [-0.15, -0.1) is 0 Å². The first-order valence-corrected chi connectivity index (χ1v) is 8.38. The predicted octanol–water partition coefficient (Wildman–Crippen LogP) is 3.92. The molecule has 0 fully saturated rings. The van der Waals surface area contributed by atoms with Gasteiger partial charge in [0.25, 0.3) is 5.91 Å². The topological polar surface area (TPSA) is 68.0 Å². The van der Waals surface area contributed by atoms with Crippen LogP contribution in [0.15, 0.2) is 42.5 Å². The van der Waals surface area contributed by atoms with Crippen LogP contribution in [0.4, 0.5) is 9.52 Å². The van der Waals surface area contributed by atoms with Gasteiger partial charge in [-0.2, -0.15) is 0 Å². The minimum absolute atomic E-state index is 0.196. The molecule has 124 valence electrons. The summed E-state index contributed by atoms with van der Waals surface area (Å²) in [6.07, 6.45) is 0. The molecule has 0 radical (unpaired) electrons. The molecule has 0 aliphatic heterocycles. The van der Waals surface area contributed by atoms with Crippen LogP contribution in [-0.4, -0.2) is 17.4 Å². The lowest BCUT2D eigenvalue weighted by Crippen LogP contribution is -2.27. The van der Waals surface area contributed by atoms with E-state index in [1.165, 1.54) is 23.5 Å². The van der Waals surface area contributed by atoms with Crippen molar-refractivity contribution in [2.45, 2.75) is 19.3 Å². The zero-order chi connectivity index (χ0) is 17.3. The number of amides is 1. The quantitative estimate of drug-likeness (QED) is 0.738. The molecule has 0 aliphatic carbocycles. The Morgan fingerprint density at radius 2 is 1.96 bits per heavy atom. The molecule has 0 saturated heterocycles. The number of rotatable bonds is 5. The smallest absolute Gasteiger partial charge is 0.250 e. The number of carbonyl (C=O) groups excluding carboxylic acids is 1. The maximum Gasteiger partial charge on any atom is 0.250 e. The van der Waals surface area contributed by atoms with Gasteiger partial charge in [-0.3, -0.25) is 4.79 Å².